The minimum absolute atomic E-state index is 0. The molecule has 0 unspecified atom stereocenters. The molecule has 4 aromatic rings. The van der Waals surface area contributed by atoms with Crippen LogP contribution < -0.4 is 0 Å². The van der Waals surface area contributed by atoms with Gasteiger partial charge in [-0.25, -0.2) is 4.98 Å². The molecule has 4 rings (SSSR count). The number of aromatic nitrogens is 4. The molecule has 2 aromatic carbocycles. The summed E-state index contributed by atoms with van der Waals surface area (Å²) < 4.78 is 5.90. The highest BCUT2D eigenvalue weighted by Crippen LogP contribution is 2.27. The molecule has 0 fully saturated rings. The zero-order chi connectivity index (χ0) is 22.7. The highest BCUT2D eigenvalue weighted by molar-refractivity contribution is 5.94. The van der Waals surface area contributed by atoms with Gasteiger partial charge in [0.15, 0.2) is 0 Å². The van der Waals surface area contributed by atoms with E-state index in [4.69, 9.17) is 9.52 Å². The van der Waals surface area contributed by atoms with Crippen LogP contribution in [0.5, 0.6) is 0 Å². The van der Waals surface area contributed by atoms with Gasteiger partial charge in [-0.05, 0) is 43.2 Å². The molecule has 0 aliphatic rings. The van der Waals surface area contributed by atoms with Crippen molar-refractivity contribution in [3.63, 3.8) is 0 Å². The zero-order valence-electron chi connectivity index (χ0n) is 18.1. The largest absolute Gasteiger partial charge is 0.415 e. The maximum atomic E-state index is 12.1. The van der Waals surface area contributed by atoms with E-state index >= 15 is 0 Å². The summed E-state index contributed by atoms with van der Waals surface area (Å²) in [5.74, 6) is 0.588. The third-order valence-electron chi connectivity index (χ3n) is 4.99. The Morgan fingerprint density at radius 1 is 1.06 bits per heavy atom. The predicted molar refractivity (Wildman–Crippen MR) is 122 cm³/mol. The quantitative estimate of drug-likeness (QED) is 0.497. The first kappa shape index (κ1) is 21.3. The Bertz CT molecular complexity index is 1260. The van der Waals surface area contributed by atoms with Crippen molar-refractivity contribution in [1.82, 2.24) is 25.1 Å². The summed E-state index contributed by atoms with van der Waals surface area (Å²) in [7, 11) is 3.44. The molecular formula is C24H25N5O3. The molecule has 0 atom stereocenters. The molecule has 1 amide bonds. The van der Waals surface area contributed by atoms with Gasteiger partial charge in [-0.15, -0.1) is 10.2 Å². The lowest BCUT2D eigenvalue weighted by Gasteiger charge is -2.10. The van der Waals surface area contributed by atoms with Crippen molar-refractivity contribution in [2.45, 2.75) is 13.3 Å². The van der Waals surface area contributed by atoms with Crippen LogP contribution in [0.2, 0.25) is 0 Å². The number of carbonyl (C=O) groups excluding carboxylic acids is 1. The number of hydrogen-bond donors (Lipinski definition) is 1. The van der Waals surface area contributed by atoms with E-state index in [9.17, 15) is 4.79 Å². The predicted octanol–water partition coefficient (Wildman–Crippen LogP) is 3.65. The molecular weight excluding hydrogens is 406 g/mol. The van der Waals surface area contributed by atoms with Crippen LogP contribution in [0.4, 0.5) is 0 Å². The summed E-state index contributed by atoms with van der Waals surface area (Å²) >= 11 is 0. The molecule has 8 heteroatoms. The second-order valence-electron chi connectivity index (χ2n) is 7.55. The van der Waals surface area contributed by atoms with Crippen LogP contribution in [0.15, 0.2) is 59.1 Å². The summed E-state index contributed by atoms with van der Waals surface area (Å²) in [6.45, 7) is 1.90. The van der Waals surface area contributed by atoms with E-state index in [1.807, 2.05) is 43.3 Å². The maximum absolute atomic E-state index is 12.1. The highest BCUT2D eigenvalue weighted by Gasteiger charge is 2.17. The average molecular weight is 431 g/mol. The number of benzene rings is 2. The number of carbonyl (C=O) groups is 1. The first-order chi connectivity index (χ1) is 15.5. The van der Waals surface area contributed by atoms with Gasteiger partial charge < -0.3 is 14.4 Å². The second kappa shape index (κ2) is 9.07. The van der Waals surface area contributed by atoms with Crippen LogP contribution >= 0.6 is 0 Å². The van der Waals surface area contributed by atoms with Crippen molar-refractivity contribution >= 4 is 5.91 Å². The fraction of sp³-hybridized carbons (Fsp3) is 0.208. The minimum atomic E-state index is -0.0614. The Kier molecular flexibility index (Phi) is 6.04. The monoisotopic (exact) mass is 431 g/mol. The van der Waals surface area contributed by atoms with E-state index < -0.39 is 0 Å². The number of aliphatic hydroxyl groups is 1. The number of aryl methyl sites for hydroxylation is 1. The molecule has 0 saturated carbocycles. The standard InChI is InChI=1S/C24H23N5O3.H2/c1-15-21(23-28-27-22(32-23)19-6-4-5-16(13-19)11-12-30)26-20(14-25-15)17-7-9-18(10-8-17)24(31)29(2)3;/h4-10,13-14,30H,11-12H2,1-3H3;1H. The number of nitrogens with zero attached hydrogens (tertiary/aromatic N) is 5. The van der Waals surface area contributed by atoms with E-state index in [-0.39, 0.29) is 19.8 Å². The molecule has 164 valence electrons. The lowest BCUT2D eigenvalue weighted by Crippen LogP contribution is -2.21. The summed E-state index contributed by atoms with van der Waals surface area (Å²) in [4.78, 5) is 22.8. The molecule has 2 aromatic heterocycles. The topological polar surface area (TPSA) is 105 Å². The molecule has 1 N–H and O–H groups in total. The summed E-state index contributed by atoms with van der Waals surface area (Å²) in [5, 5.41) is 17.5. The van der Waals surface area contributed by atoms with Crippen LogP contribution in [0, 0.1) is 6.92 Å². The molecule has 0 saturated heterocycles. The molecule has 0 bridgehead atoms. The molecule has 0 spiro atoms. The molecule has 0 aliphatic heterocycles. The van der Waals surface area contributed by atoms with Gasteiger partial charge in [0.25, 0.3) is 11.8 Å². The van der Waals surface area contributed by atoms with Gasteiger partial charge in [0, 0.05) is 38.8 Å². The van der Waals surface area contributed by atoms with Gasteiger partial charge in [-0.2, -0.15) is 0 Å². The Labute approximate surface area is 187 Å². The first-order valence-electron chi connectivity index (χ1n) is 10.2. The molecule has 32 heavy (non-hydrogen) atoms. The van der Waals surface area contributed by atoms with Crippen LogP contribution in [0.1, 0.15) is 23.0 Å². The number of rotatable bonds is 6. The van der Waals surface area contributed by atoms with Crippen LogP contribution in [0.3, 0.4) is 0 Å². The van der Waals surface area contributed by atoms with Crippen molar-refractivity contribution < 1.29 is 15.7 Å². The van der Waals surface area contributed by atoms with Crippen LogP contribution in [-0.2, 0) is 6.42 Å². The summed E-state index contributed by atoms with van der Waals surface area (Å²) in [6, 6.07) is 14.8. The van der Waals surface area contributed by atoms with Gasteiger partial charge in [0.05, 0.1) is 17.6 Å². The van der Waals surface area contributed by atoms with E-state index in [2.05, 4.69) is 20.2 Å². The van der Waals surface area contributed by atoms with E-state index in [0.29, 0.717) is 35.0 Å². The Morgan fingerprint density at radius 3 is 2.53 bits per heavy atom. The van der Waals surface area contributed by atoms with Gasteiger partial charge >= 0.3 is 0 Å². The summed E-state index contributed by atoms with van der Waals surface area (Å²) in [5.41, 5.74) is 4.99. The van der Waals surface area contributed by atoms with Gasteiger partial charge in [-0.1, -0.05) is 24.3 Å². The second-order valence-corrected chi connectivity index (χ2v) is 7.55. The van der Waals surface area contributed by atoms with Gasteiger partial charge in [-0.3, -0.25) is 9.78 Å². The number of amides is 1. The zero-order valence-corrected chi connectivity index (χ0v) is 18.1. The normalized spacial score (nSPS) is 10.9. The van der Waals surface area contributed by atoms with E-state index in [0.717, 1.165) is 16.7 Å². The van der Waals surface area contributed by atoms with Crippen molar-refractivity contribution in [2.75, 3.05) is 20.7 Å². The number of aliphatic hydroxyl groups excluding tert-OH is 1. The summed E-state index contributed by atoms with van der Waals surface area (Å²) in [6.07, 6.45) is 2.23. The maximum Gasteiger partial charge on any atom is 0.268 e. The number of hydrogen-bond acceptors (Lipinski definition) is 7. The Hall–Kier alpha value is -3.91. The molecule has 8 nitrogen and oxygen atoms in total. The fourth-order valence-corrected chi connectivity index (χ4v) is 3.26. The average Bonchev–Trinajstić information content (AvgIpc) is 3.29. The van der Waals surface area contributed by atoms with Crippen molar-refractivity contribution in [2.24, 2.45) is 0 Å². The lowest BCUT2D eigenvalue weighted by atomic mass is 10.1. The Balaban J connectivity index is 0.00000306. The Morgan fingerprint density at radius 2 is 1.81 bits per heavy atom. The fourth-order valence-electron chi connectivity index (χ4n) is 3.26. The molecule has 0 radical (unpaired) electrons. The van der Waals surface area contributed by atoms with Gasteiger partial charge in [0.1, 0.15) is 5.69 Å². The van der Waals surface area contributed by atoms with Crippen molar-refractivity contribution in [3.8, 4) is 34.3 Å². The molecule has 2 heterocycles. The minimum Gasteiger partial charge on any atom is -0.415 e. The van der Waals surface area contributed by atoms with Crippen molar-refractivity contribution in [1.29, 1.82) is 0 Å². The van der Waals surface area contributed by atoms with Crippen LogP contribution in [-0.4, -0.2) is 56.8 Å². The van der Waals surface area contributed by atoms with Crippen LogP contribution in [0.25, 0.3) is 34.3 Å². The van der Waals surface area contributed by atoms with Crippen molar-refractivity contribution in [3.05, 3.63) is 71.5 Å². The SMILES string of the molecule is Cc1ncc(-c2ccc(C(=O)N(C)C)cc2)nc1-c1nnc(-c2cccc(CCO)c2)o1.[HH]. The van der Waals surface area contributed by atoms with E-state index in [1.54, 1.807) is 32.4 Å². The van der Waals surface area contributed by atoms with Gasteiger partial charge in [0.2, 0.25) is 5.89 Å². The van der Waals surface area contributed by atoms with E-state index in [1.165, 1.54) is 4.90 Å². The smallest absolute Gasteiger partial charge is 0.268 e. The molecule has 0 aliphatic carbocycles. The third-order valence-corrected chi connectivity index (χ3v) is 4.99. The first-order valence-corrected chi connectivity index (χ1v) is 10.2. The third kappa shape index (κ3) is 4.40. The highest BCUT2D eigenvalue weighted by atomic mass is 16.4. The lowest BCUT2D eigenvalue weighted by molar-refractivity contribution is 0.0827.